The zero-order chi connectivity index (χ0) is 64.0. The van der Waals surface area contributed by atoms with Crippen LogP contribution >= 0.6 is 11.6 Å². The van der Waals surface area contributed by atoms with E-state index in [1.165, 1.54) is 0 Å². The Kier molecular flexibility index (Phi) is 22.0. The lowest BCUT2D eigenvalue weighted by Gasteiger charge is -2.33. The molecule has 8 aromatic rings. The molecule has 0 bridgehead atoms. The number of likely N-dealkylation sites (N-methyl/N-ethyl adjacent to an activating group) is 4. The smallest absolute Gasteiger partial charge is 0.272 e. The summed E-state index contributed by atoms with van der Waals surface area (Å²) in [5, 5.41) is 0.405. The van der Waals surface area contributed by atoms with Crippen molar-refractivity contribution in [3.63, 3.8) is 0 Å². The van der Waals surface area contributed by atoms with E-state index in [9.17, 15) is 14.4 Å². The van der Waals surface area contributed by atoms with Crippen LogP contribution in [0.4, 0.5) is 28.6 Å². The Morgan fingerprint density at radius 2 is 0.789 bits per heavy atom. The van der Waals surface area contributed by atoms with Crippen molar-refractivity contribution in [1.29, 1.82) is 0 Å². The molecule has 8 N–H and O–H groups in total. The second-order valence-corrected chi connectivity index (χ2v) is 23.6. The maximum atomic E-state index is 12.6. The molecule has 12 rings (SSSR count). The topological polar surface area (TPSA) is 271 Å². The summed E-state index contributed by atoms with van der Waals surface area (Å²) in [6.45, 7) is 20.1. The van der Waals surface area contributed by atoms with E-state index in [-0.39, 0.29) is 17.7 Å². The number of aromatic nitrogens is 7. The zero-order valence-corrected chi connectivity index (χ0v) is 53.3. The molecule has 4 aliphatic rings. The van der Waals surface area contributed by atoms with Crippen LogP contribution in [0.3, 0.4) is 0 Å². The Bertz CT molecular complexity index is 3490. The Balaban J connectivity index is 0.000000142. The number of nitrogens with two attached hydrogens (primary N) is 4. The molecule has 90 heavy (non-hydrogen) atoms. The second-order valence-electron chi connectivity index (χ2n) is 23.1. The summed E-state index contributed by atoms with van der Waals surface area (Å²) in [6, 6.07) is 22.8. The van der Waals surface area contributed by atoms with Crippen LogP contribution in [0.1, 0.15) is 48.2 Å². The van der Waals surface area contributed by atoms with Crippen LogP contribution in [-0.4, -0.2) is 220 Å². The third kappa shape index (κ3) is 16.4. The zero-order valence-electron chi connectivity index (χ0n) is 52.6. The van der Waals surface area contributed by atoms with Crippen LogP contribution in [0.25, 0.3) is 44.6 Å². The average Bonchev–Trinajstić information content (AvgIpc) is 2.27. The molecule has 4 saturated heterocycles. The number of hydrogen-bond donors (Lipinski definition) is 4. The molecule has 0 spiro atoms. The molecule has 470 valence electrons. The van der Waals surface area contributed by atoms with Gasteiger partial charge in [-0.25, -0.2) is 9.97 Å². The van der Waals surface area contributed by atoms with E-state index < -0.39 is 0 Å². The fraction of sp³-hybridized carbons (Fsp3) is 0.343. The van der Waals surface area contributed by atoms with Crippen molar-refractivity contribution in [3.05, 3.63) is 167 Å². The highest BCUT2D eigenvalue weighted by Crippen LogP contribution is 2.33. The van der Waals surface area contributed by atoms with Gasteiger partial charge in [0.2, 0.25) is 0 Å². The van der Waals surface area contributed by atoms with Crippen molar-refractivity contribution in [2.75, 3.05) is 161 Å². The lowest BCUT2D eigenvalue weighted by molar-refractivity contribution is 0.0652. The van der Waals surface area contributed by atoms with Gasteiger partial charge in [0, 0.05) is 186 Å². The number of halogens is 1. The molecule has 22 nitrogen and oxygen atoms in total. The molecule has 0 atom stereocenters. The minimum Gasteiger partial charge on any atom is -0.397 e. The van der Waals surface area contributed by atoms with Gasteiger partial charge in [0.1, 0.15) is 11.5 Å². The fourth-order valence-electron chi connectivity index (χ4n) is 11.0. The number of rotatable bonds is 8. The van der Waals surface area contributed by atoms with E-state index >= 15 is 0 Å². The minimum atomic E-state index is -0.0400. The summed E-state index contributed by atoms with van der Waals surface area (Å²) in [7, 11) is 8.36. The first-order valence-corrected chi connectivity index (χ1v) is 30.6. The number of carbonyl (C=O) groups excluding carboxylic acids is 3. The highest BCUT2D eigenvalue weighted by molar-refractivity contribution is 6.33. The first kappa shape index (κ1) is 65.3. The lowest BCUT2D eigenvalue weighted by Crippen LogP contribution is -2.47. The fourth-order valence-corrected chi connectivity index (χ4v) is 11.3. The quantitative estimate of drug-likeness (QED) is 0.119. The molecule has 4 fully saturated rings. The van der Waals surface area contributed by atoms with E-state index in [1.54, 1.807) is 74.0 Å². The van der Waals surface area contributed by atoms with Crippen LogP contribution in [0.2, 0.25) is 5.02 Å². The predicted octanol–water partition coefficient (Wildman–Crippen LogP) is 7.00. The number of pyridine rings is 7. The summed E-state index contributed by atoms with van der Waals surface area (Å²) in [5.41, 5.74) is 38.1. The largest absolute Gasteiger partial charge is 0.397 e. The highest BCUT2D eigenvalue weighted by atomic mass is 35.5. The number of nitrogen functional groups attached to an aromatic ring is 4. The average molecular weight is 1240 g/mol. The molecule has 0 saturated carbocycles. The Labute approximate surface area is 532 Å². The van der Waals surface area contributed by atoms with Crippen LogP contribution in [0, 0.1) is 20.8 Å². The van der Waals surface area contributed by atoms with E-state index in [0.29, 0.717) is 63.4 Å². The monoisotopic (exact) mass is 1240 g/mol. The van der Waals surface area contributed by atoms with E-state index in [1.807, 2.05) is 85.0 Å². The Hall–Kier alpha value is -9.19. The van der Waals surface area contributed by atoms with Gasteiger partial charge in [-0.15, -0.1) is 0 Å². The summed E-state index contributed by atoms with van der Waals surface area (Å²) in [4.78, 5) is 84.4. The lowest BCUT2D eigenvalue weighted by atomic mass is 9.97. The molecule has 4 aliphatic heterocycles. The number of anilines is 5. The number of aryl methyl sites for hydroxylation is 3. The van der Waals surface area contributed by atoms with Gasteiger partial charge in [0.15, 0.2) is 0 Å². The molecule has 23 heteroatoms. The highest BCUT2D eigenvalue weighted by Gasteiger charge is 2.25. The van der Waals surface area contributed by atoms with Gasteiger partial charge in [-0.3, -0.25) is 39.3 Å². The summed E-state index contributed by atoms with van der Waals surface area (Å²) in [6.07, 6.45) is 14.9. The molecule has 0 unspecified atom stereocenters. The van der Waals surface area contributed by atoms with Gasteiger partial charge in [-0.05, 0) is 121 Å². The summed E-state index contributed by atoms with van der Waals surface area (Å²) < 4.78 is 0. The number of amides is 3. The Morgan fingerprint density at radius 3 is 1.21 bits per heavy atom. The molecular formula is C67H82ClN19O3. The normalized spacial score (nSPS) is 15.8. The number of piperazine rings is 4. The summed E-state index contributed by atoms with van der Waals surface area (Å²) >= 11 is 6.32. The third-order valence-electron chi connectivity index (χ3n) is 16.7. The van der Waals surface area contributed by atoms with Crippen LogP contribution in [0.15, 0.2) is 129 Å². The molecular weight excluding hydrogens is 1150 g/mol. The first-order chi connectivity index (χ1) is 43.3. The van der Waals surface area contributed by atoms with Gasteiger partial charge in [0.25, 0.3) is 17.7 Å². The number of nitrogens with zero attached hydrogens (tertiary/aromatic N) is 15. The molecule has 0 radical (unpaired) electrons. The van der Waals surface area contributed by atoms with Crippen molar-refractivity contribution >= 4 is 57.9 Å². The van der Waals surface area contributed by atoms with Gasteiger partial charge in [-0.2, -0.15) is 0 Å². The molecule has 7 aromatic heterocycles. The van der Waals surface area contributed by atoms with E-state index in [2.05, 4.69) is 87.7 Å². The molecule has 0 aliphatic carbocycles. The number of carbonyl (C=O) groups is 3. The van der Waals surface area contributed by atoms with Gasteiger partial charge < -0.3 is 62.1 Å². The summed E-state index contributed by atoms with van der Waals surface area (Å²) in [5.74, 6) is 1.12. The van der Waals surface area contributed by atoms with Gasteiger partial charge >= 0.3 is 0 Å². The molecule has 3 amide bonds. The van der Waals surface area contributed by atoms with Gasteiger partial charge in [-0.1, -0.05) is 23.7 Å². The van der Waals surface area contributed by atoms with Crippen molar-refractivity contribution < 1.29 is 14.4 Å². The predicted molar refractivity (Wildman–Crippen MR) is 359 cm³/mol. The van der Waals surface area contributed by atoms with Gasteiger partial charge in [0.05, 0.1) is 63.8 Å². The maximum absolute atomic E-state index is 12.6. The van der Waals surface area contributed by atoms with Crippen LogP contribution in [0.5, 0.6) is 0 Å². The first-order valence-electron chi connectivity index (χ1n) is 30.2. The number of hydrogen-bond acceptors (Lipinski definition) is 19. The van der Waals surface area contributed by atoms with Crippen LogP contribution < -0.4 is 27.8 Å². The standard InChI is InChI=1S/C18H22N4O.C17H21N5O.C16H18ClN5O.C16H21N5/c1-13-11-14(18(23)22-9-7-21(2)8-10-22)3-4-15(13)16-5-6-20-12-17(16)19;1-12-13(14-5-6-19-11-15(14)18)3-4-16(20-12)17(23)22-9-7-21(2)8-10-22;1-21-4-6-22(7-5-21)16(23)11-8-13(17)15(20-9-11)12-2-3-19-10-14(12)18;1-12-13(14-5-6-18-11-15(14)17)3-4-16(19-12)21-9-7-20(2)8-10-21/h3-6,11-12H,7-10,19H2,1-2H3;3-6,11H,7-10,18H2,1-2H3;2-3,8-10H,4-7,18H2,1H3;3-6,11H,7-10,17H2,1-2H3. The minimum absolute atomic E-state index is 0.00421. The number of benzene rings is 1. The van der Waals surface area contributed by atoms with Crippen molar-refractivity contribution in [2.24, 2.45) is 0 Å². The SMILES string of the molecule is CN1CCN(C(=O)c2cnc(-c3ccncc3N)c(Cl)c2)CC1.Cc1cc(C(=O)N2CCN(C)CC2)ccc1-c1ccncc1N.Cc1nc(C(=O)N2CCN(C)CC2)ccc1-c1ccncc1N.Cc1nc(N2CCN(C)CC2)ccc1-c1ccncc1N. The van der Waals surface area contributed by atoms with Crippen molar-refractivity contribution in [1.82, 2.24) is 69.2 Å². The van der Waals surface area contributed by atoms with Crippen molar-refractivity contribution in [2.45, 2.75) is 20.8 Å². The molecule has 11 heterocycles. The van der Waals surface area contributed by atoms with E-state index in [0.717, 1.165) is 153 Å². The van der Waals surface area contributed by atoms with Crippen molar-refractivity contribution in [3.8, 4) is 44.6 Å². The maximum Gasteiger partial charge on any atom is 0.272 e. The molecule has 1 aromatic carbocycles. The Morgan fingerprint density at radius 1 is 0.400 bits per heavy atom. The second kappa shape index (κ2) is 30.3. The van der Waals surface area contributed by atoms with E-state index in [4.69, 9.17) is 39.5 Å². The third-order valence-corrected chi connectivity index (χ3v) is 17.0. The van der Waals surface area contributed by atoms with Crippen LogP contribution in [-0.2, 0) is 0 Å².